The number of aryl methyl sites for hydroxylation is 3. The number of aromatic nitrogens is 3. The van der Waals surface area contributed by atoms with Crippen molar-refractivity contribution in [3.8, 4) is 11.1 Å². The number of hydrogen-bond donors (Lipinski definition) is 0. The summed E-state index contributed by atoms with van der Waals surface area (Å²) in [5.74, 6) is -0.423. The number of esters is 1. The Bertz CT molecular complexity index is 959. The number of hydrogen-bond acceptors (Lipinski definition) is 4. The lowest BCUT2D eigenvalue weighted by atomic mass is 10.0. The van der Waals surface area contributed by atoms with Gasteiger partial charge in [-0.2, -0.15) is 5.10 Å². The van der Waals surface area contributed by atoms with E-state index < -0.39 is 5.97 Å². The van der Waals surface area contributed by atoms with E-state index in [1.165, 1.54) is 0 Å². The Morgan fingerprint density at radius 1 is 1.23 bits per heavy atom. The average molecular weight is 372 g/mol. The molecule has 5 nitrogen and oxygen atoms in total. The van der Waals surface area contributed by atoms with Crippen molar-refractivity contribution < 1.29 is 9.53 Å². The van der Waals surface area contributed by atoms with Crippen LogP contribution < -0.4 is 0 Å². The van der Waals surface area contributed by atoms with Gasteiger partial charge in [0.15, 0.2) is 11.3 Å². The van der Waals surface area contributed by atoms with Gasteiger partial charge in [-0.05, 0) is 44.9 Å². The Hall–Kier alpha value is -2.40. The molecule has 0 unspecified atom stereocenters. The third-order valence-electron chi connectivity index (χ3n) is 4.30. The first-order valence-electron chi connectivity index (χ1n) is 8.79. The normalized spacial score (nSPS) is 11.1. The molecular weight excluding hydrogens is 350 g/mol. The summed E-state index contributed by atoms with van der Waals surface area (Å²) in [5, 5.41) is 5.32. The lowest BCUT2D eigenvalue weighted by Crippen LogP contribution is -2.11. The Morgan fingerprint density at radius 2 is 2.00 bits per heavy atom. The molecule has 0 fully saturated rings. The molecule has 0 saturated carbocycles. The molecule has 2 aromatic heterocycles. The van der Waals surface area contributed by atoms with Crippen LogP contribution in [0, 0.1) is 13.8 Å². The first-order chi connectivity index (χ1) is 12.5. The molecule has 0 N–H and O–H groups in total. The van der Waals surface area contributed by atoms with Crippen LogP contribution in [0.3, 0.4) is 0 Å². The Kier molecular flexibility index (Phi) is 5.28. The van der Waals surface area contributed by atoms with Crippen molar-refractivity contribution in [2.75, 3.05) is 6.61 Å². The summed E-state index contributed by atoms with van der Waals surface area (Å²) in [6.45, 7) is 8.12. The van der Waals surface area contributed by atoms with E-state index in [1.54, 1.807) is 13.0 Å². The second-order valence-corrected chi connectivity index (χ2v) is 6.64. The van der Waals surface area contributed by atoms with Crippen molar-refractivity contribution in [1.29, 1.82) is 0 Å². The molecule has 0 saturated heterocycles. The summed E-state index contributed by atoms with van der Waals surface area (Å²) in [6.07, 6.45) is 1.72. The summed E-state index contributed by atoms with van der Waals surface area (Å²) < 4.78 is 6.97. The van der Waals surface area contributed by atoms with Crippen LogP contribution in [0.1, 0.15) is 47.7 Å². The summed E-state index contributed by atoms with van der Waals surface area (Å²) in [5.41, 5.74) is 5.48. The first kappa shape index (κ1) is 18.4. The molecule has 136 valence electrons. The molecule has 3 aromatic rings. The highest BCUT2D eigenvalue weighted by Gasteiger charge is 2.21. The predicted molar refractivity (Wildman–Crippen MR) is 103 cm³/mol. The topological polar surface area (TPSA) is 56.5 Å². The van der Waals surface area contributed by atoms with Gasteiger partial charge in [0.05, 0.1) is 17.9 Å². The monoisotopic (exact) mass is 371 g/mol. The fourth-order valence-electron chi connectivity index (χ4n) is 3.17. The van der Waals surface area contributed by atoms with E-state index in [4.69, 9.17) is 16.3 Å². The second-order valence-electron chi connectivity index (χ2n) is 6.23. The van der Waals surface area contributed by atoms with Crippen LogP contribution in [0.4, 0.5) is 0 Å². The Balaban J connectivity index is 2.34. The third kappa shape index (κ3) is 3.19. The zero-order chi connectivity index (χ0) is 18.8. The van der Waals surface area contributed by atoms with Crippen LogP contribution in [0.2, 0.25) is 5.02 Å². The van der Waals surface area contributed by atoms with Crippen LogP contribution in [0.15, 0.2) is 24.3 Å². The zero-order valence-electron chi connectivity index (χ0n) is 15.5. The van der Waals surface area contributed by atoms with E-state index in [-0.39, 0.29) is 0 Å². The van der Waals surface area contributed by atoms with Crippen molar-refractivity contribution in [2.24, 2.45) is 0 Å². The molecule has 0 bridgehead atoms. The lowest BCUT2D eigenvalue weighted by molar-refractivity contribution is 0.0519. The van der Waals surface area contributed by atoms with E-state index in [1.807, 2.05) is 36.6 Å². The molecule has 26 heavy (non-hydrogen) atoms. The second kappa shape index (κ2) is 7.46. The van der Waals surface area contributed by atoms with E-state index in [2.05, 4.69) is 17.0 Å². The number of ether oxygens (including phenoxy) is 1. The molecule has 1 aromatic carbocycles. The number of fused-ring (bicyclic) bond motifs is 1. The van der Waals surface area contributed by atoms with Gasteiger partial charge >= 0.3 is 5.97 Å². The van der Waals surface area contributed by atoms with E-state index in [0.29, 0.717) is 23.0 Å². The summed E-state index contributed by atoms with van der Waals surface area (Å²) in [4.78, 5) is 16.9. The minimum absolute atomic E-state index is 0.300. The van der Waals surface area contributed by atoms with Gasteiger partial charge in [0, 0.05) is 16.3 Å². The molecule has 6 heteroatoms. The quantitative estimate of drug-likeness (QED) is 0.605. The fraction of sp³-hybridized carbons (Fsp3) is 0.350. The van der Waals surface area contributed by atoms with Crippen molar-refractivity contribution in [3.05, 3.63) is 51.9 Å². The number of carbonyl (C=O) groups is 1. The summed E-state index contributed by atoms with van der Waals surface area (Å²) in [6, 6.07) is 7.55. The van der Waals surface area contributed by atoms with Crippen molar-refractivity contribution in [1.82, 2.24) is 14.6 Å². The van der Waals surface area contributed by atoms with Gasteiger partial charge in [-0.3, -0.25) is 0 Å². The van der Waals surface area contributed by atoms with Gasteiger partial charge in [0.2, 0.25) is 0 Å². The van der Waals surface area contributed by atoms with Crippen LogP contribution in [0.5, 0.6) is 0 Å². The van der Waals surface area contributed by atoms with Gasteiger partial charge in [-0.15, -0.1) is 0 Å². The molecular formula is C20H22ClN3O2. The molecule has 0 atom stereocenters. The number of carbonyl (C=O) groups excluding carboxylic acids is 1. The largest absolute Gasteiger partial charge is 0.461 e. The lowest BCUT2D eigenvalue weighted by Gasteiger charge is -2.10. The number of benzene rings is 1. The maximum absolute atomic E-state index is 12.3. The van der Waals surface area contributed by atoms with Crippen molar-refractivity contribution in [3.63, 3.8) is 0 Å². The van der Waals surface area contributed by atoms with Crippen molar-refractivity contribution >= 4 is 23.2 Å². The third-order valence-corrected chi connectivity index (χ3v) is 4.62. The molecule has 0 amide bonds. The van der Waals surface area contributed by atoms with Crippen LogP contribution in [-0.2, 0) is 11.2 Å². The van der Waals surface area contributed by atoms with Gasteiger partial charge in [-0.25, -0.2) is 14.3 Å². The summed E-state index contributed by atoms with van der Waals surface area (Å²) in [7, 11) is 0. The number of nitrogens with zero attached hydrogens (tertiary/aromatic N) is 3. The number of halogens is 1. The number of rotatable bonds is 5. The van der Waals surface area contributed by atoms with Gasteiger partial charge in [-0.1, -0.05) is 37.1 Å². The average Bonchev–Trinajstić information content (AvgIpc) is 2.92. The van der Waals surface area contributed by atoms with Gasteiger partial charge in [0.25, 0.3) is 0 Å². The molecule has 0 aliphatic heterocycles. The Labute approximate surface area is 158 Å². The highest BCUT2D eigenvalue weighted by Crippen LogP contribution is 2.36. The molecule has 2 heterocycles. The van der Waals surface area contributed by atoms with Gasteiger partial charge in [0.1, 0.15) is 0 Å². The molecule has 3 rings (SSSR count). The maximum atomic E-state index is 12.3. The molecule has 0 aliphatic carbocycles. The van der Waals surface area contributed by atoms with E-state index in [9.17, 15) is 4.79 Å². The summed E-state index contributed by atoms with van der Waals surface area (Å²) >= 11 is 6.49. The van der Waals surface area contributed by atoms with E-state index >= 15 is 0 Å². The van der Waals surface area contributed by atoms with Crippen LogP contribution >= 0.6 is 11.6 Å². The highest BCUT2D eigenvalue weighted by atomic mass is 35.5. The maximum Gasteiger partial charge on any atom is 0.357 e. The fourth-order valence-corrected chi connectivity index (χ4v) is 3.49. The molecule has 0 aliphatic rings. The zero-order valence-corrected chi connectivity index (χ0v) is 16.2. The minimum atomic E-state index is -0.423. The highest BCUT2D eigenvalue weighted by molar-refractivity contribution is 6.33. The Morgan fingerprint density at radius 3 is 2.65 bits per heavy atom. The standard InChI is InChI=1S/C20H22ClN3O2/c1-5-8-14-11-16(20(25)26-6-2)22-19-18(13(4)23-24(14)19)17-12(3)9-7-10-15(17)21/h7,9-11H,5-6,8H2,1-4H3. The SMILES string of the molecule is CCCc1cc(C(=O)OCC)nc2c(-c3c(C)cccc3Cl)c(C)nn12. The van der Waals surface area contributed by atoms with Gasteiger partial charge < -0.3 is 4.74 Å². The van der Waals surface area contributed by atoms with E-state index in [0.717, 1.165) is 40.9 Å². The smallest absolute Gasteiger partial charge is 0.357 e. The van der Waals surface area contributed by atoms with Crippen molar-refractivity contribution in [2.45, 2.75) is 40.5 Å². The minimum Gasteiger partial charge on any atom is -0.461 e. The first-order valence-corrected chi connectivity index (χ1v) is 9.17. The molecule has 0 spiro atoms. The molecule has 0 radical (unpaired) electrons. The predicted octanol–water partition coefficient (Wildman–Crippen LogP) is 4.80. The van der Waals surface area contributed by atoms with Crippen LogP contribution in [0.25, 0.3) is 16.8 Å². The van der Waals surface area contributed by atoms with Crippen LogP contribution in [-0.4, -0.2) is 27.2 Å².